The van der Waals surface area contributed by atoms with E-state index in [9.17, 15) is 19.2 Å². The highest BCUT2D eigenvalue weighted by Gasteiger charge is 2.14. The number of carbonyl (C=O) groups is 2. The van der Waals surface area contributed by atoms with Gasteiger partial charge in [-0.2, -0.15) is 9.67 Å². The van der Waals surface area contributed by atoms with Crippen molar-refractivity contribution in [3.8, 4) is 0 Å². The summed E-state index contributed by atoms with van der Waals surface area (Å²) in [4.78, 5) is 55.4. The molecule has 3 aromatic rings. The van der Waals surface area contributed by atoms with E-state index in [1.165, 1.54) is 46.9 Å². The third-order valence-corrected chi connectivity index (χ3v) is 4.02. The predicted molar refractivity (Wildman–Crippen MR) is 115 cm³/mol. The number of nitrogens with zero attached hydrogens (tertiary/aromatic N) is 8. The van der Waals surface area contributed by atoms with Crippen molar-refractivity contribution < 1.29 is 14.4 Å². The lowest BCUT2D eigenvalue weighted by Gasteiger charge is -2.00. The first-order valence-corrected chi connectivity index (χ1v) is 10.9. The summed E-state index contributed by atoms with van der Waals surface area (Å²) in [6.07, 6.45) is 7.60. The number of carbonyl (C=O) groups excluding carboxylic acids is 3. The van der Waals surface area contributed by atoms with Crippen LogP contribution in [-0.2, 0) is 10.7 Å². The Kier molecular flexibility index (Phi) is 11.0. The number of aromatic nitrogens is 7. The molecule has 0 atom stereocenters. The number of rotatable bonds is 7. The summed E-state index contributed by atoms with van der Waals surface area (Å²) in [6, 6.07) is 0. The smallest absolute Gasteiger partial charge is 0.353 e. The zero-order valence-electron chi connectivity index (χ0n) is 16.8. The number of hydrogen-bond donors (Lipinski definition) is 4. The summed E-state index contributed by atoms with van der Waals surface area (Å²) in [7, 11) is 0. The van der Waals surface area contributed by atoms with E-state index < -0.39 is 17.5 Å². The van der Waals surface area contributed by atoms with Crippen LogP contribution in [0.5, 0.6) is 0 Å². The van der Waals surface area contributed by atoms with Crippen LogP contribution >= 0.6 is 23.5 Å². The number of nitrogens with two attached hydrogens (primary N) is 2. The largest absolute Gasteiger partial charge is 0.364 e. The Morgan fingerprint density at radius 3 is 2.44 bits per heavy atom. The number of nitrogens with one attached hydrogen (secondary N) is 2. The molecule has 3 rings (SSSR count). The number of hydrogen-bond acceptors (Lipinski definition) is 13. The van der Waals surface area contributed by atoms with Crippen LogP contribution < -0.4 is 17.2 Å². The molecule has 6 N–H and O–H groups in total. The number of thioether (sulfide) groups is 2. The van der Waals surface area contributed by atoms with Gasteiger partial charge in [-0.25, -0.2) is 29.5 Å². The summed E-state index contributed by atoms with van der Waals surface area (Å²) in [5, 5.41) is 10.4. The number of isocyanates is 1. The van der Waals surface area contributed by atoms with Gasteiger partial charge in [-0.1, -0.05) is 5.21 Å². The van der Waals surface area contributed by atoms with Gasteiger partial charge in [0.15, 0.2) is 17.0 Å². The van der Waals surface area contributed by atoms with E-state index in [1.54, 1.807) is 0 Å². The fraction of sp³-hybridized carbons (Fsp3) is 0.286. The van der Waals surface area contributed by atoms with Gasteiger partial charge in [0, 0.05) is 0 Å². The molecule has 170 valence electrons. The Bertz CT molecular complexity index is 1180. The molecule has 0 aliphatic rings. The third-order valence-electron chi connectivity index (χ3n) is 3.13. The molecule has 0 aliphatic carbocycles. The molecule has 0 spiro atoms. The molecule has 16 nitrogen and oxygen atoms in total. The Morgan fingerprint density at radius 1 is 1.25 bits per heavy atom. The summed E-state index contributed by atoms with van der Waals surface area (Å²) < 4.78 is 2.31. The Balaban J connectivity index is 0.000000273. The minimum Gasteiger partial charge on any atom is -0.364 e. The summed E-state index contributed by atoms with van der Waals surface area (Å²) >= 11 is 2.92. The van der Waals surface area contributed by atoms with E-state index in [1.807, 2.05) is 12.5 Å². The Morgan fingerprint density at radius 2 is 1.97 bits per heavy atom. The van der Waals surface area contributed by atoms with E-state index in [-0.39, 0.29) is 22.9 Å². The number of aromatic amines is 1. The molecule has 3 aromatic heterocycles. The van der Waals surface area contributed by atoms with Crippen LogP contribution in [0.1, 0.15) is 21.0 Å². The van der Waals surface area contributed by atoms with Crippen LogP contribution in [-0.4, -0.2) is 70.6 Å². The van der Waals surface area contributed by atoms with Crippen molar-refractivity contribution in [1.29, 1.82) is 5.53 Å². The topological polar surface area (TPSA) is 246 Å². The van der Waals surface area contributed by atoms with Gasteiger partial charge in [-0.15, -0.1) is 33.7 Å². The van der Waals surface area contributed by atoms with Crippen LogP contribution in [0.2, 0.25) is 0 Å². The van der Waals surface area contributed by atoms with Gasteiger partial charge in [0.05, 0.1) is 18.1 Å². The molecule has 2 amide bonds. The van der Waals surface area contributed by atoms with Gasteiger partial charge in [-0.3, -0.25) is 9.59 Å². The van der Waals surface area contributed by atoms with Crippen LogP contribution in [0.3, 0.4) is 0 Å². The van der Waals surface area contributed by atoms with E-state index in [2.05, 4.69) is 35.4 Å². The molecule has 18 heteroatoms. The van der Waals surface area contributed by atoms with Gasteiger partial charge >= 0.3 is 5.69 Å². The Hall–Kier alpha value is -3.89. The fourth-order valence-corrected chi connectivity index (χ4v) is 2.45. The molecule has 0 radical (unpaired) electrons. The van der Waals surface area contributed by atoms with Crippen molar-refractivity contribution in [2.45, 2.75) is 5.88 Å². The second-order valence-corrected chi connectivity index (χ2v) is 6.86. The highest BCUT2D eigenvalue weighted by molar-refractivity contribution is 7.98. The van der Waals surface area contributed by atoms with Crippen LogP contribution in [0.25, 0.3) is 5.65 Å². The molecular weight excluding hydrogens is 464 g/mol. The summed E-state index contributed by atoms with van der Waals surface area (Å²) in [5.41, 5.74) is 16.2. The van der Waals surface area contributed by atoms with Crippen molar-refractivity contribution in [3.63, 3.8) is 0 Å². The van der Waals surface area contributed by atoms with E-state index >= 15 is 0 Å². The number of H-pyrrole nitrogens is 1. The molecule has 3 heterocycles. The maximum absolute atomic E-state index is 11.8. The number of primary amides is 2. The second-order valence-electron chi connectivity index (χ2n) is 5.18. The molecule has 0 unspecified atom stereocenters. The quantitative estimate of drug-likeness (QED) is 0.191. The highest BCUT2D eigenvalue weighted by atomic mass is 32.2. The van der Waals surface area contributed by atoms with Gasteiger partial charge in [-0.05, 0) is 12.5 Å². The second kappa shape index (κ2) is 13.4. The first kappa shape index (κ1) is 26.1. The van der Waals surface area contributed by atoms with Crippen molar-refractivity contribution in [2.24, 2.45) is 21.6 Å². The molecule has 0 aliphatic heterocycles. The monoisotopic (exact) mass is 482 g/mol. The van der Waals surface area contributed by atoms with Gasteiger partial charge in [0.1, 0.15) is 6.33 Å². The number of imidazole rings is 2. The maximum atomic E-state index is 11.8. The minimum atomic E-state index is -0.737. The summed E-state index contributed by atoms with van der Waals surface area (Å²) in [6.45, 7) is 0. The van der Waals surface area contributed by atoms with E-state index in [4.69, 9.17) is 17.0 Å². The molecule has 0 fully saturated rings. The lowest BCUT2D eigenvalue weighted by molar-refractivity contribution is 0.0988. The van der Waals surface area contributed by atoms with Gasteiger partial charge in [0.25, 0.3) is 11.8 Å². The van der Waals surface area contributed by atoms with Crippen LogP contribution in [0.4, 0.5) is 5.82 Å². The SMILES string of the molecule is CSCN=C=O.CSCn1nnc2c(C(N)=O)ncn2c1=O.N=Nc1nc[nH]c1C(N)=O. The maximum Gasteiger partial charge on any atom is 0.353 e. The molecule has 0 bridgehead atoms. The summed E-state index contributed by atoms with van der Waals surface area (Å²) in [5.74, 6) is -0.468. The zero-order valence-corrected chi connectivity index (χ0v) is 18.4. The molecule has 0 saturated heterocycles. The van der Waals surface area contributed by atoms with Gasteiger partial charge < -0.3 is 16.5 Å². The standard InChI is InChI=1S/C7H8N6O2S.C4H5N5O.C3H5NOS/c1-16-3-13-7(15)12-2-9-4(5(8)14)6(12)10-11-13;5-3(10)2-4(9-6)8-1-7-2;1-6-3-4-2-5/h2H,3H2,1H3,(H2,8,14);1,6H,(H2,5,10)(H,7,8);3H2,1H3. The average molecular weight is 483 g/mol. The minimum absolute atomic E-state index is 0.0208. The van der Waals surface area contributed by atoms with E-state index in [0.717, 1.165) is 4.40 Å². The lowest BCUT2D eigenvalue weighted by Crippen LogP contribution is -2.29. The first-order valence-electron chi connectivity index (χ1n) is 8.15. The van der Waals surface area contributed by atoms with Gasteiger partial charge in [0.2, 0.25) is 11.9 Å². The predicted octanol–water partition coefficient (Wildman–Crippen LogP) is -0.481. The number of aliphatic imine (C=N–C) groups is 1. The van der Waals surface area contributed by atoms with Crippen molar-refractivity contribution in [1.82, 2.24) is 34.3 Å². The van der Waals surface area contributed by atoms with Crippen LogP contribution in [0, 0.1) is 5.53 Å². The Labute approximate surface area is 187 Å². The third kappa shape index (κ3) is 7.11. The van der Waals surface area contributed by atoms with Crippen molar-refractivity contribution >= 4 is 52.9 Å². The molecular formula is C14H18N12O4S2. The van der Waals surface area contributed by atoms with E-state index in [0.29, 0.717) is 11.8 Å². The highest BCUT2D eigenvalue weighted by Crippen LogP contribution is 2.10. The van der Waals surface area contributed by atoms with Crippen LogP contribution in [0.15, 0.2) is 27.6 Å². The molecule has 32 heavy (non-hydrogen) atoms. The normalized spacial score (nSPS) is 9.56. The van der Waals surface area contributed by atoms with Crippen molar-refractivity contribution in [2.75, 3.05) is 18.4 Å². The first-order chi connectivity index (χ1) is 15.3. The molecule has 0 aromatic carbocycles. The molecule has 0 saturated carbocycles. The number of amides is 2. The average Bonchev–Trinajstić information content (AvgIpc) is 3.42. The fourth-order valence-electron chi connectivity index (χ4n) is 1.86. The van der Waals surface area contributed by atoms with Crippen molar-refractivity contribution in [3.05, 3.63) is 34.5 Å². The lowest BCUT2D eigenvalue weighted by atomic mass is 10.4. The zero-order chi connectivity index (χ0) is 24.1. The number of fused-ring (bicyclic) bond motifs is 1.